The van der Waals surface area contributed by atoms with Crippen molar-refractivity contribution in [2.75, 3.05) is 0 Å². The Morgan fingerprint density at radius 2 is 1.44 bits per heavy atom. The summed E-state index contributed by atoms with van der Waals surface area (Å²) >= 11 is 0. The van der Waals surface area contributed by atoms with Gasteiger partial charge in [-0.1, -0.05) is 48.5 Å². The summed E-state index contributed by atoms with van der Waals surface area (Å²) in [5, 5.41) is 11.4. The van der Waals surface area contributed by atoms with Crippen LogP contribution in [-0.2, 0) is 9.31 Å². The minimum atomic E-state index is -0.440. The summed E-state index contributed by atoms with van der Waals surface area (Å²) in [6, 6.07) is 22.4. The third-order valence-electron chi connectivity index (χ3n) is 5.77. The number of hydrogen-bond donors (Lipinski definition) is 0. The van der Waals surface area contributed by atoms with Crippen LogP contribution in [-0.4, -0.2) is 18.3 Å². The highest BCUT2D eigenvalue weighted by molar-refractivity contribution is 6.64. The van der Waals surface area contributed by atoms with E-state index >= 15 is 0 Å². The molecule has 0 saturated carbocycles. The fourth-order valence-electron chi connectivity index (χ4n) is 3.49. The van der Waals surface area contributed by atoms with Crippen molar-refractivity contribution < 1.29 is 9.31 Å². The van der Waals surface area contributed by atoms with Crippen LogP contribution >= 0.6 is 0 Å². The number of nitrogens with zero attached hydrogens (tertiary/aromatic N) is 1. The minimum Gasteiger partial charge on any atom is -0.399 e. The fourth-order valence-corrected chi connectivity index (χ4v) is 3.49. The van der Waals surface area contributed by atoms with Crippen LogP contribution in [0.1, 0.15) is 33.3 Å². The quantitative estimate of drug-likeness (QED) is 0.627. The third-order valence-corrected chi connectivity index (χ3v) is 5.77. The third kappa shape index (κ3) is 2.94. The highest BCUT2D eigenvalue weighted by atomic mass is 16.7. The Morgan fingerprint density at radius 3 is 2.07 bits per heavy atom. The highest BCUT2D eigenvalue weighted by Crippen LogP contribution is 2.38. The van der Waals surface area contributed by atoms with Gasteiger partial charge in [-0.3, -0.25) is 0 Å². The lowest BCUT2D eigenvalue weighted by molar-refractivity contribution is 0.00578. The van der Waals surface area contributed by atoms with Crippen molar-refractivity contribution in [3.05, 3.63) is 66.2 Å². The largest absolute Gasteiger partial charge is 0.495 e. The van der Waals surface area contributed by atoms with Crippen LogP contribution in [0, 0.1) is 11.3 Å². The Bertz CT molecular complexity index is 1030. The summed E-state index contributed by atoms with van der Waals surface area (Å²) in [5.74, 6) is 0. The van der Waals surface area contributed by atoms with E-state index in [1.165, 1.54) is 0 Å². The molecule has 3 aromatic carbocycles. The second kappa shape index (κ2) is 6.23. The zero-order valence-electron chi connectivity index (χ0n) is 16.1. The van der Waals surface area contributed by atoms with E-state index in [1.807, 2.05) is 36.4 Å². The molecule has 1 aliphatic rings. The molecule has 1 saturated heterocycles. The molecule has 27 heavy (non-hydrogen) atoms. The first kappa shape index (κ1) is 17.8. The van der Waals surface area contributed by atoms with E-state index in [9.17, 15) is 0 Å². The molecule has 134 valence electrons. The molecular formula is C23H22BNO2. The van der Waals surface area contributed by atoms with Gasteiger partial charge in [0, 0.05) is 0 Å². The molecule has 0 unspecified atom stereocenters. The van der Waals surface area contributed by atoms with Crippen molar-refractivity contribution in [2.45, 2.75) is 38.9 Å². The maximum absolute atomic E-state index is 9.12. The van der Waals surface area contributed by atoms with Crippen molar-refractivity contribution in [1.82, 2.24) is 0 Å². The highest BCUT2D eigenvalue weighted by Gasteiger charge is 2.52. The van der Waals surface area contributed by atoms with E-state index < -0.39 is 18.3 Å². The molecule has 0 atom stereocenters. The molecule has 0 N–H and O–H groups in total. The molecular weight excluding hydrogens is 333 g/mol. The SMILES string of the molecule is CC1(C)OB(c2ccc3ccccc3c2-c2ccc(C#N)cc2)OC1(C)C. The Kier molecular flexibility index (Phi) is 4.11. The van der Waals surface area contributed by atoms with Gasteiger partial charge in [0.15, 0.2) is 0 Å². The number of fused-ring (bicyclic) bond motifs is 1. The zero-order valence-corrected chi connectivity index (χ0v) is 16.1. The molecule has 0 radical (unpaired) electrons. The smallest absolute Gasteiger partial charge is 0.399 e. The van der Waals surface area contributed by atoms with Crippen LogP contribution in [0.15, 0.2) is 60.7 Å². The van der Waals surface area contributed by atoms with Gasteiger partial charge >= 0.3 is 7.12 Å². The summed E-state index contributed by atoms with van der Waals surface area (Å²) in [5.41, 5.74) is 3.01. The standard InChI is InChI=1S/C23H22BNO2/c1-22(2)23(3,4)27-24(26-22)20-14-13-17-7-5-6-8-19(17)21(20)18-11-9-16(15-25)10-12-18/h5-14H,1-4H3. The van der Waals surface area contributed by atoms with E-state index in [2.05, 4.69) is 58.0 Å². The Labute approximate surface area is 160 Å². The monoisotopic (exact) mass is 355 g/mol. The van der Waals surface area contributed by atoms with Gasteiger partial charge in [0.25, 0.3) is 0 Å². The minimum absolute atomic E-state index is 0.398. The van der Waals surface area contributed by atoms with Crippen LogP contribution < -0.4 is 5.46 Å². The Balaban J connectivity index is 1.92. The molecule has 4 rings (SSSR count). The normalized spacial score (nSPS) is 17.8. The average molecular weight is 355 g/mol. The molecule has 3 nitrogen and oxygen atoms in total. The maximum atomic E-state index is 9.12. The second-order valence-corrected chi connectivity index (χ2v) is 8.03. The Hall–Kier alpha value is -2.61. The number of benzene rings is 3. The predicted molar refractivity (Wildman–Crippen MR) is 110 cm³/mol. The van der Waals surface area contributed by atoms with Crippen molar-refractivity contribution in [1.29, 1.82) is 5.26 Å². The van der Waals surface area contributed by atoms with Crippen LogP contribution in [0.4, 0.5) is 0 Å². The lowest BCUT2D eigenvalue weighted by atomic mass is 9.73. The van der Waals surface area contributed by atoms with Crippen molar-refractivity contribution in [3.63, 3.8) is 0 Å². The molecule has 0 bridgehead atoms. The first-order chi connectivity index (χ1) is 12.8. The van der Waals surface area contributed by atoms with Crippen LogP contribution in [0.5, 0.6) is 0 Å². The van der Waals surface area contributed by atoms with E-state index in [0.29, 0.717) is 5.56 Å². The van der Waals surface area contributed by atoms with Gasteiger partial charge in [-0.2, -0.15) is 5.26 Å². The first-order valence-electron chi connectivity index (χ1n) is 9.20. The van der Waals surface area contributed by atoms with Crippen molar-refractivity contribution in [2.24, 2.45) is 0 Å². The molecule has 3 aromatic rings. The van der Waals surface area contributed by atoms with E-state index in [-0.39, 0.29) is 0 Å². The van der Waals surface area contributed by atoms with E-state index in [1.54, 1.807) is 0 Å². The predicted octanol–water partition coefficient (Wildman–Crippen LogP) is 4.68. The molecule has 4 heteroatoms. The average Bonchev–Trinajstić information content (AvgIpc) is 2.88. The summed E-state index contributed by atoms with van der Waals surface area (Å²) < 4.78 is 12.7. The second-order valence-electron chi connectivity index (χ2n) is 8.03. The van der Waals surface area contributed by atoms with Gasteiger partial charge in [-0.15, -0.1) is 0 Å². The van der Waals surface area contributed by atoms with Gasteiger partial charge in [-0.25, -0.2) is 0 Å². The molecule has 0 spiro atoms. The molecule has 1 fully saturated rings. The van der Waals surface area contributed by atoms with Crippen molar-refractivity contribution >= 4 is 23.4 Å². The first-order valence-corrected chi connectivity index (χ1v) is 9.20. The van der Waals surface area contributed by atoms with Gasteiger partial charge in [0.1, 0.15) is 0 Å². The van der Waals surface area contributed by atoms with Gasteiger partial charge in [0.05, 0.1) is 22.8 Å². The topological polar surface area (TPSA) is 42.2 Å². The zero-order chi connectivity index (χ0) is 19.2. The summed E-state index contributed by atoms with van der Waals surface area (Å²) in [4.78, 5) is 0. The van der Waals surface area contributed by atoms with Gasteiger partial charge in [-0.05, 0) is 67.2 Å². The molecule has 0 aromatic heterocycles. The van der Waals surface area contributed by atoms with Gasteiger partial charge < -0.3 is 9.31 Å². The van der Waals surface area contributed by atoms with Gasteiger partial charge in [0.2, 0.25) is 0 Å². The summed E-state index contributed by atoms with van der Waals surface area (Å²) in [7, 11) is -0.440. The lowest BCUT2D eigenvalue weighted by Crippen LogP contribution is -2.41. The van der Waals surface area contributed by atoms with Crippen LogP contribution in [0.3, 0.4) is 0 Å². The summed E-state index contributed by atoms with van der Waals surface area (Å²) in [6.45, 7) is 8.26. The Morgan fingerprint density at radius 1 is 0.815 bits per heavy atom. The molecule has 0 aliphatic carbocycles. The van der Waals surface area contributed by atoms with Crippen LogP contribution in [0.2, 0.25) is 0 Å². The fraction of sp³-hybridized carbons (Fsp3) is 0.261. The lowest BCUT2D eigenvalue weighted by Gasteiger charge is -2.32. The maximum Gasteiger partial charge on any atom is 0.495 e. The molecule has 1 aliphatic heterocycles. The van der Waals surface area contributed by atoms with E-state index in [4.69, 9.17) is 14.6 Å². The van der Waals surface area contributed by atoms with Crippen LogP contribution in [0.25, 0.3) is 21.9 Å². The number of rotatable bonds is 2. The number of nitriles is 1. The number of hydrogen-bond acceptors (Lipinski definition) is 3. The molecule has 0 amide bonds. The van der Waals surface area contributed by atoms with Crippen molar-refractivity contribution in [3.8, 4) is 17.2 Å². The molecule has 1 heterocycles. The van der Waals surface area contributed by atoms with E-state index in [0.717, 1.165) is 27.4 Å². The summed E-state index contributed by atoms with van der Waals surface area (Å²) in [6.07, 6.45) is 0.